The van der Waals surface area contributed by atoms with Crippen LogP contribution in [0.5, 0.6) is 5.75 Å². The summed E-state index contributed by atoms with van der Waals surface area (Å²) in [6.07, 6.45) is 1.07. The van der Waals surface area contributed by atoms with Crippen LogP contribution in [0.1, 0.15) is 38.4 Å². The van der Waals surface area contributed by atoms with Crippen LogP contribution in [0.25, 0.3) is 0 Å². The van der Waals surface area contributed by atoms with Crippen LogP contribution in [0.4, 0.5) is 4.39 Å². The number of rotatable bonds is 7. The molecule has 1 unspecified atom stereocenters. The van der Waals surface area contributed by atoms with Gasteiger partial charge in [-0.3, -0.25) is 4.79 Å². The molecular weight excluding hydrogens is 249 g/mol. The molecule has 0 aromatic heterocycles. The normalized spacial score (nSPS) is 12.0. The summed E-state index contributed by atoms with van der Waals surface area (Å²) in [7, 11) is 0. The molecule has 106 valence electrons. The number of nitrogens with one attached hydrogen (secondary N) is 1. The molecule has 0 aliphatic rings. The maximum Gasteiger partial charge on any atom is 0.257 e. The molecule has 2 N–H and O–H groups in total. The zero-order valence-electron chi connectivity index (χ0n) is 11.3. The summed E-state index contributed by atoms with van der Waals surface area (Å²) >= 11 is 0. The maximum atomic E-state index is 13.1. The van der Waals surface area contributed by atoms with E-state index in [0.717, 1.165) is 12.8 Å². The molecule has 1 aromatic carbocycles. The van der Waals surface area contributed by atoms with Crippen molar-refractivity contribution in [1.29, 1.82) is 0 Å². The highest BCUT2D eigenvalue weighted by molar-refractivity contribution is 5.77. The van der Waals surface area contributed by atoms with Gasteiger partial charge in [0.25, 0.3) is 5.91 Å². The predicted octanol–water partition coefficient (Wildman–Crippen LogP) is 2.17. The number of aliphatic hydroxyl groups is 1. The summed E-state index contributed by atoms with van der Waals surface area (Å²) in [6, 6.07) is 3.85. The Kier molecular flexibility index (Phi) is 6.29. The van der Waals surface area contributed by atoms with Crippen LogP contribution in [-0.2, 0) is 4.79 Å². The molecule has 0 saturated carbocycles. The zero-order valence-corrected chi connectivity index (χ0v) is 11.3. The third-order valence-corrected chi connectivity index (χ3v) is 2.63. The number of halogens is 1. The number of ether oxygens (including phenoxy) is 1. The molecule has 0 aliphatic carbocycles. The molecule has 0 heterocycles. The molecule has 1 amide bonds. The molecule has 0 radical (unpaired) electrons. The number of benzene rings is 1. The first kappa shape index (κ1) is 15.4. The molecule has 0 spiro atoms. The number of carbonyl (C=O) groups excluding carboxylic acids is 1. The molecule has 4 nitrogen and oxygen atoms in total. The van der Waals surface area contributed by atoms with E-state index in [-0.39, 0.29) is 12.5 Å². The van der Waals surface area contributed by atoms with Gasteiger partial charge in [-0.25, -0.2) is 4.39 Å². The topological polar surface area (TPSA) is 58.6 Å². The lowest BCUT2D eigenvalue weighted by atomic mass is 10.1. The first-order valence-electron chi connectivity index (χ1n) is 6.41. The van der Waals surface area contributed by atoms with Crippen LogP contribution >= 0.6 is 0 Å². The van der Waals surface area contributed by atoms with Gasteiger partial charge in [-0.2, -0.15) is 0 Å². The standard InChI is InChI=1S/C14H20FNO3/c1-3-4-7-16-14(18)9-19-13-6-5-11(15)8-12(13)10(2)17/h5-6,8,10,17H,3-4,7,9H2,1-2H3,(H,16,18). The SMILES string of the molecule is CCCCNC(=O)COc1ccc(F)cc1C(C)O. The Bertz CT molecular complexity index is 421. The van der Waals surface area contributed by atoms with E-state index in [0.29, 0.717) is 17.9 Å². The average molecular weight is 269 g/mol. The predicted molar refractivity (Wildman–Crippen MR) is 70.4 cm³/mol. The van der Waals surface area contributed by atoms with Gasteiger partial charge in [-0.15, -0.1) is 0 Å². The third-order valence-electron chi connectivity index (χ3n) is 2.63. The lowest BCUT2D eigenvalue weighted by Crippen LogP contribution is -2.29. The van der Waals surface area contributed by atoms with Crippen molar-refractivity contribution in [3.05, 3.63) is 29.6 Å². The van der Waals surface area contributed by atoms with E-state index >= 15 is 0 Å². The van der Waals surface area contributed by atoms with Crippen molar-refractivity contribution < 1.29 is 19.0 Å². The zero-order chi connectivity index (χ0) is 14.3. The van der Waals surface area contributed by atoms with Gasteiger partial charge in [0, 0.05) is 12.1 Å². The van der Waals surface area contributed by atoms with Crippen molar-refractivity contribution in [3.63, 3.8) is 0 Å². The Morgan fingerprint density at radius 2 is 2.26 bits per heavy atom. The first-order chi connectivity index (χ1) is 9.04. The van der Waals surface area contributed by atoms with Gasteiger partial charge in [0.2, 0.25) is 0 Å². The summed E-state index contributed by atoms with van der Waals surface area (Å²) in [5.41, 5.74) is 0.335. The summed E-state index contributed by atoms with van der Waals surface area (Å²) in [5.74, 6) is -0.355. The van der Waals surface area contributed by atoms with Crippen LogP contribution in [-0.4, -0.2) is 24.2 Å². The van der Waals surface area contributed by atoms with Crippen LogP contribution in [0, 0.1) is 5.82 Å². The number of hydrogen-bond acceptors (Lipinski definition) is 3. The van der Waals surface area contributed by atoms with Crippen molar-refractivity contribution in [3.8, 4) is 5.75 Å². The Hall–Kier alpha value is -1.62. The number of hydrogen-bond donors (Lipinski definition) is 2. The van der Waals surface area contributed by atoms with E-state index in [9.17, 15) is 14.3 Å². The van der Waals surface area contributed by atoms with E-state index in [1.54, 1.807) is 0 Å². The molecule has 1 atom stereocenters. The van der Waals surface area contributed by atoms with Crippen molar-refractivity contribution in [2.75, 3.05) is 13.2 Å². The minimum atomic E-state index is -0.853. The molecule has 0 bridgehead atoms. The smallest absolute Gasteiger partial charge is 0.257 e. The lowest BCUT2D eigenvalue weighted by molar-refractivity contribution is -0.123. The highest BCUT2D eigenvalue weighted by Gasteiger charge is 2.12. The minimum Gasteiger partial charge on any atom is -0.483 e. The van der Waals surface area contributed by atoms with E-state index in [1.807, 2.05) is 6.92 Å². The van der Waals surface area contributed by atoms with E-state index in [2.05, 4.69) is 5.32 Å². The summed E-state index contributed by atoms with van der Waals surface area (Å²) < 4.78 is 18.4. The summed E-state index contributed by atoms with van der Waals surface area (Å²) in [6.45, 7) is 4.03. The highest BCUT2D eigenvalue weighted by Crippen LogP contribution is 2.25. The lowest BCUT2D eigenvalue weighted by Gasteiger charge is -2.13. The van der Waals surface area contributed by atoms with Crippen molar-refractivity contribution in [2.24, 2.45) is 0 Å². The summed E-state index contributed by atoms with van der Waals surface area (Å²) in [4.78, 5) is 11.5. The third kappa shape index (κ3) is 5.26. The maximum absolute atomic E-state index is 13.1. The van der Waals surface area contributed by atoms with Gasteiger partial charge in [-0.1, -0.05) is 13.3 Å². The monoisotopic (exact) mass is 269 g/mol. The van der Waals surface area contributed by atoms with Crippen molar-refractivity contribution in [2.45, 2.75) is 32.8 Å². The van der Waals surface area contributed by atoms with E-state index in [1.165, 1.54) is 25.1 Å². The van der Waals surface area contributed by atoms with Gasteiger partial charge in [-0.05, 0) is 31.5 Å². The Labute approximate surface area is 112 Å². The molecular formula is C14H20FNO3. The average Bonchev–Trinajstić information content (AvgIpc) is 2.37. The van der Waals surface area contributed by atoms with Crippen molar-refractivity contribution >= 4 is 5.91 Å². The Balaban J connectivity index is 2.55. The molecule has 1 aromatic rings. The molecule has 1 rings (SSSR count). The molecule has 5 heteroatoms. The minimum absolute atomic E-state index is 0.144. The Morgan fingerprint density at radius 1 is 1.53 bits per heavy atom. The van der Waals surface area contributed by atoms with Gasteiger partial charge < -0.3 is 15.2 Å². The van der Waals surface area contributed by atoms with Gasteiger partial charge >= 0.3 is 0 Å². The number of unbranched alkanes of at least 4 members (excludes halogenated alkanes) is 1. The Morgan fingerprint density at radius 3 is 2.89 bits per heavy atom. The van der Waals surface area contributed by atoms with Gasteiger partial charge in [0.15, 0.2) is 6.61 Å². The molecule has 19 heavy (non-hydrogen) atoms. The number of aliphatic hydroxyl groups excluding tert-OH is 1. The van der Waals surface area contributed by atoms with Crippen LogP contribution in [0.15, 0.2) is 18.2 Å². The quantitative estimate of drug-likeness (QED) is 0.746. The van der Waals surface area contributed by atoms with E-state index < -0.39 is 11.9 Å². The fourth-order valence-electron chi connectivity index (χ4n) is 1.58. The number of amides is 1. The molecule has 0 saturated heterocycles. The second kappa shape index (κ2) is 7.74. The number of carbonyl (C=O) groups is 1. The van der Waals surface area contributed by atoms with Crippen LogP contribution < -0.4 is 10.1 Å². The molecule has 0 fully saturated rings. The van der Waals surface area contributed by atoms with Crippen molar-refractivity contribution in [1.82, 2.24) is 5.32 Å². The second-order valence-electron chi connectivity index (χ2n) is 4.35. The van der Waals surface area contributed by atoms with Gasteiger partial charge in [0.1, 0.15) is 11.6 Å². The first-order valence-corrected chi connectivity index (χ1v) is 6.41. The van der Waals surface area contributed by atoms with Crippen LogP contribution in [0.2, 0.25) is 0 Å². The fourth-order valence-corrected chi connectivity index (χ4v) is 1.58. The largest absolute Gasteiger partial charge is 0.483 e. The summed E-state index contributed by atoms with van der Waals surface area (Å²) in [5, 5.41) is 12.2. The second-order valence-corrected chi connectivity index (χ2v) is 4.35. The van der Waals surface area contributed by atoms with E-state index in [4.69, 9.17) is 4.74 Å². The van der Waals surface area contributed by atoms with Crippen LogP contribution in [0.3, 0.4) is 0 Å². The fraction of sp³-hybridized carbons (Fsp3) is 0.500. The highest BCUT2D eigenvalue weighted by atomic mass is 19.1. The van der Waals surface area contributed by atoms with Gasteiger partial charge in [0.05, 0.1) is 6.10 Å². The molecule has 0 aliphatic heterocycles.